The van der Waals surface area contributed by atoms with Crippen molar-refractivity contribution in [3.63, 3.8) is 0 Å². The van der Waals surface area contributed by atoms with Crippen LogP contribution in [-0.2, 0) is 6.54 Å². The molecule has 2 aromatic carbocycles. The Hall–Kier alpha value is -3.26. The van der Waals surface area contributed by atoms with Gasteiger partial charge >= 0.3 is 0 Å². The monoisotopic (exact) mass is 382 g/mol. The minimum absolute atomic E-state index is 0.0383. The molecule has 0 saturated carbocycles. The predicted octanol–water partition coefficient (Wildman–Crippen LogP) is 3.96. The molecule has 0 radical (unpaired) electrons. The van der Waals surface area contributed by atoms with Gasteiger partial charge in [0.1, 0.15) is 22.3 Å². The second kappa shape index (κ2) is 7.16. The van der Waals surface area contributed by atoms with E-state index in [1.54, 1.807) is 0 Å². The van der Waals surface area contributed by atoms with Crippen LogP contribution in [0.1, 0.15) is 16.1 Å². The number of rotatable bonds is 4. The van der Waals surface area contributed by atoms with E-state index in [1.165, 1.54) is 23.7 Å². The number of carbonyl (C=O) groups excluding carboxylic acids is 1. The standard InChI is InChI=1S/C19H12F2N4OS/c20-12-7-11(8-13(21)9-12)10-24-18(26)16-17(23-6-5-22-16)19-25-14-3-1-2-4-15(14)27-19/h1-9H,10H2,(H,24,26). The fourth-order valence-corrected chi connectivity index (χ4v) is 3.58. The van der Waals surface area contributed by atoms with Gasteiger partial charge in [0.15, 0.2) is 5.69 Å². The molecule has 1 N–H and O–H groups in total. The molecule has 0 atom stereocenters. The third kappa shape index (κ3) is 3.65. The Morgan fingerprint density at radius 1 is 1.04 bits per heavy atom. The average Bonchev–Trinajstić information content (AvgIpc) is 3.09. The van der Waals surface area contributed by atoms with Gasteiger partial charge < -0.3 is 5.32 Å². The molecular formula is C19H12F2N4OS. The molecule has 4 rings (SSSR count). The molecule has 8 heteroatoms. The summed E-state index contributed by atoms with van der Waals surface area (Å²) >= 11 is 1.41. The van der Waals surface area contributed by atoms with Crippen molar-refractivity contribution in [1.29, 1.82) is 0 Å². The van der Waals surface area contributed by atoms with Gasteiger partial charge in [-0.2, -0.15) is 0 Å². The highest BCUT2D eigenvalue weighted by atomic mass is 32.1. The number of fused-ring (bicyclic) bond motifs is 1. The highest BCUT2D eigenvalue weighted by molar-refractivity contribution is 7.21. The number of thiazole rings is 1. The van der Waals surface area contributed by atoms with Gasteiger partial charge in [0.25, 0.3) is 5.91 Å². The zero-order valence-electron chi connectivity index (χ0n) is 13.8. The first kappa shape index (κ1) is 17.2. The molecule has 1 amide bonds. The van der Waals surface area contributed by atoms with Crippen LogP contribution in [-0.4, -0.2) is 20.9 Å². The first-order valence-corrected chi connectivity index (χ1v) is 8.82. The highest BCUT2D eigenvalue weighted by Crippen LogP contribution is 2.30. The smallest absolute Gasteiger partial charge is 0.272 e. The van der Waals surface area contributed by atoms with Gasteiger partial charge in [0, 0.05) is 25.0 Å². The molecule has 0 aliphatic heterocycles. The summed E-state index contributed by atoms with van der Waals surface area (Å²) < 4.78 is 27.5. The van der Waals surface area contributed by atoms with E-state index in [-0.39, 0.29) is 12.2 Å². The summed E-state index contributed by atoms with van der Waals surface area (Å²) in [5, 5.41) is 3.19. The number of nitrogens with one attached hydrogen (secondary N) is 1. The van der Waals surface area contributed by atoms with E-state index in [2.05, 4.69) is 20.3 Å². The lowest BCUT2D eigenvalue weighted by atomic mass is 10.2. The van der Waals surface area contributed by atoms with Crippen LogP contribution < -0.4 is 5.32 Å². The van der Waals surface area contributed by atoms with Gasteiger partial charge in [-0.1, -0.05) is 12.1 Å². The molecule has 0 fully saturated rings. The van der Waals surface area contributed by atoms with Gasteiger partial charge in [0.2, 0.25) is 0 Å². The van der Waals surface area contributed by atoms with Crippen molar-refractivity contribution in [3.05, 3.63) is 77.8 Å². The molecule has 0 saturated heterocycles. The van der Waals surface area contributed by atoms with Crippen LogP contribution in [0.4, 0.5) is 8.78 Å². The SMILES string of the molecule is O=C(NCc1cc(F)cc(F)c1)c1nccnc1-c1nc2ccccc2s1. The highest BCUT2D eigenvalue weighted by Gasteiger charge is 2.18. The van der Waals surface area contributed by atoms with Gasteiger partial charge in [0.05, 0.1) is 10.2 Å². The van der Waals surface area contributed by atoms with Gasteiger partial charge in [-0.3, -0.25) is 4.79 Å². The zero-order valence-corrected chi connectivity index (χ0v) is 14.6. The molecule has 2 heterocycles. The van der Waals surface area contributed by atoms with E-state index in [0.29, 0.717) is 16.3 Å². The van der Waals surface area contributed by atoms with Gasteiger partial charge in [-0.15, -0.1) is 11.3 Å². The van der Waals surface area contributed by atoms with Gasteiger partial charge in [-0.05, 0) is 29.8 Å². The van der Waals surface area contributed by atoms with E-state index in [9.17, 15) is 13.6 Å². The summed E-state index contributed by atoms with van der Waals surface area (Å²) in [7, 11) is 0. The summed E-state index contributed by atoms with van der Waals surface area (Å²) in [6.07, 6.45) is 2.90. The molecule has 5 nitrogen and oxygen atoms in total. The van der Waals surface area contributed by atoms with Crippen molar-refractivity contribution in [1.82, 2.24) is 20.3 Å². The Morgan fingerprint density at radius 3 is 2.56 bits per heavy atom. The predicted molar refractivity (Wildman–Crippen MR) is 98.2 cm³/mol. The molecule has 0 unspecified atom stereocenters. The number of amides is 1. The van der Waals surface area contributed by atoms with Gasteiger partial charge in [-0.25, -0.2) is 23.7 Å². The van der Waals surface area contributed by atoms with Crippen molar-refractivity contribution >= 4 is 27.5 Å². The van der Waals surface area contributed by atoms with Crippen LogP contribution in [0.5, 0.6) is 0 Å². The maximum Gasteiger partial charge on any atom is 0.272 e. The number of nitrogens with zero attached hydrogens (tertiary/aromatic N) is 3. The van der Waals surface area contributed by atoms with Crippen LogP contribution in [0.25, 0.3) is 20.9 Å². The van der Waals surface area contributed by atoms with Crippen molar-refractivity contribution in [2.24, 2.45) is 0 Å². The molecule has 0 aliphatic carbocycles. The van der Waals surface area contributed by atoms with Crippen LogP contribution in [0.15, 0.2) is 54.9 Å². The molecule has 134 valence electrons. The fourth-order valence-electron chi connectivity index (χ4n) is 2.61. The van der Waals surface area contributed by atoms with Crippen molar-refractivity contribution in [2.75, 3.05) is 0 Å². The summed E-state index contributed by atoms with van der Waals surface area (Å²) in [5.74, 6) is -1.90. The minimum atomic E-state index is -0.700. The summed E-state index contributed by atoms with van der Waals surface area (Å²) in [5.41, 5.74) is 1.59. The number of aromatic nitrogens is 3. The number of halogens is 2. The van der Waals surface area contributed by atoms with E-state index in [4.69, 9.17) is 0 Å². The Balaban J connectivity index is 1.61. The van der Waals surface area contributed by atoms with Crippen molar-refractivity contribution in [2.45, 2.75) is 6.54 Å². The Morgan fingerprint density at radius 2 is 1.78 bits per heavy atom. The molecule has 0 bridgehead atoms. The molecule has 4 aromatic rings. The van der Waals surface area contributed by atoms with Crippen LogP contribution in [0.3, 0.4) is 0 Å². The fraction of sp³-hybridized carbons (Fsp3) is 0.0526. The van der Waals surface area contributed by atoms with E-state index >= 15 is 0 Å². The molecule has 27 heavy (non-hydrogen) atoms. The lowest BCUT2D eigenvalue weighted by molar-refractivity contribution is 0.0946. The van der Waals surface area contributed by atoms with Crippen molar-refractivity contribution < 1.29 is 13.6 Å². The summed E-state index contributed by atoms with van der Waals surface area (Å²) in [6.45, 7) is -0.0383. The molecule has 2 aromatic heterocycles. The number of hydrogen-bond donors (Lipinski definition) is 1. The second-order valence-corrected chi connectivity index (χ2v) is 6.73. The number of hydrogen-bond acceptors (Lipinski definition) is 5. The lowest BCUT2D eigenvalue weighted by Crippen LogP contribution is -2.25. The topological polar surface area (TPSA) is 67.8 Å². The number of para-hydroxylation sites is 1. The number of benzene rings is 2. The normalized spacial score (nSPS) is 10.9. The second-order valence-electron chi connectivity index (χ2n) is 5.70. The van der Waals surface area contributed by atoms with Crippen LogP contribution in [0.2, 0.25) is 0 Å². The third-order valence-electron chi connectivity index (χ3n) is 3.79. The Labute approximate surface area is 156 Å². The maximum atomic E-state index is 13.3. The van der Waals surface area contributed by atoms with E-state index in [1.807, 2.05) is 24.3 Å². The summed E-state index contributed by atoms with van der Waals surface area (Å²) in [4.78, 5) is 25.4. The van der Waals surface area contributed by atoms with Crippen LogP contribution >= 0.6 is 11.3 Å². The number of carbonyl (C=O) groups is 1. The van der Waals surface area contributed by atoms with Crippen molar-refractivity contribution in [3.8, 4) is 10.7 Å². The minimum Gasteiger partial charge on any atom is -0.347 e. The largest absolute Gasteiger partial charge is 0.347 e. The third-order valence-corrected chi connectivity index (χ3v) is 4.83. The average molecular weight is 382 g/mol. The van der Waals surface area contributed by atoms with Crippen LogP contribution in [0, 0.1) is 11.6 Å². The quantitative estimate of drug-likeness (QED) is 0.580. The van der Waals surface area contributed by atoms with E-state index < -0.39 is 17.5 Å². The Bertz CT molecular complexity index is 1090. The lowest BCUT2D eigenvalue weighted by Gasteiger charge is -2.07. The first-order chi connectivity index (χ1) is 13.1. The summed E-state index contributed by atoms with van der Waals surface area (Å²) in [6, 6.07) is 10.7. The molecule has 0 aliphatic rings. The molecule has 0 spiro atoms. The first-order valence-electron chi connectivity index (χ1n) is 8.00. The zero-order chi connectivity index (χ0) is 18.8. The van der Waals surface area contributed by atoms with E-state index in [0.717, 1.165) is 28.4 Å². The molecular weight excluding hydrogens is 370 g/mol. The Kier molecular flexibility index (Phi) is 4.55. The maximum absolute atomic E-state index is 13.3.